The number of thiazole rings is 1. The molecule has 0 radical (unpaired) electrons. The molecule has 0 aliphatic heterocycles. The number of hydrogen-bond acceptors (Lipinski definition) is 5. The second-order valence-corrected chi connectivity index (χ2v) is 4.66. The Kier molecular flexibility index (Phi) is 4.17. The Morgan fingerprint density at radius 1 is 1.35 bits per heavy atom. The lowest BCUT2D eigenvalue weighted by atomic mass is 10.3. The molecular formula is C12H16N2O2S. The van der Waals surface area contributed by atoms with Crippen LogP contribution in [0.15, 0.2) is 18.2 Å². The molecule has 5 heteroatoms. The number of nitrogens with zero attached hydrogens (tertiary/aromatic N) is 1. The average molecular weight is 252 g/mol. The van der Waals surface area contributed by atoms with Gasteiger partial charge in [-0.05, 0) is 24.6 Å². The Morgan fingerprint density at radius 3 is 3.00 bits per heavy atom. The van der Waals surface area contributed by atoms with Gasteiger partial charge >= 0.3 is 0 Å². The first-order valence-corrected chi connectivity index (χ1v) is 6.32. The van der Waals surface area contributed by atoms with Gasteiger partial charge in [-0.2, -0.15) is 0 Å². The predicted octanol–water partition coefficient (Wildman–Crippen LogP) is 2.75. The molecule has 0 saturated heterocycles. The lowest BCUT2D eigenvalue weighted by Crippen LogP contribution is -2.03. The van der Waals surface area contributed by atoms with Crippen molar-refractivity contribution in [3.63, 3.8) is 0 Å². The van der Waals surface area contributed by atoms with Gasteiger partial charge in [-0.1, -0.05) is 11.3 Å². The lowest BCUT2D eigenvalue weighted by molar-refractivity contribution is 0.198. The van der Waals surface area contributed by atoms with Crippen molar-refractivity contribution in [1.29, 1.82) is 0 Å². The fraction of sp³-hybridized carbons (Fsp3) is 0.417. The van der Waals surface area contributed by atoms with E-state index in [2.05, 4.69) is 10.3 Å². The maximum absolute atomic E-state index is 5.19. The summed E-state index contributed by atoms with van der Waals surface area (Å²) in [6.07, 6.45) is 0.982. The monoisotopic (exact) mass is 252 g/mol. The predicted molar refractivity (Wildman–Crippen MR) is 71.2 cm³/mol. The summed E-state index contributed by atoms with van der Waals surface area (Å²) in [5.74, 6) is 0.868. The molecular weight excluding hydrogens is 236 g/mol. The van der Waals surface area contributed by atoms with Gasteiger partial charge in [-0.3, -0.25) is 0 Å². The Morgan fingerprint density at radius 2 is 2.24 bits per heavy atom. The van der Waals surface area contributed by atoms with Crippen LogP contribution in [0.2, 0.25) is 0 Å². The van der Waals surface area contributed by atoms with Crippen LogP contribution in [-0.4, -0.2) is 32.4 Å². The second-order valence-electron chi connectivity index (χ2n) is 3.63. The van der Waals surface area contributed by atoms with Crippen LogP contribution >= 0.6 is 11.3 Å². The summed E-state index contributed by atoms with van der Waals surface area (Å²) in [6, 6.07) is 5.91. The topological polar surface area (TPSA) is 43.4 Å². The third-order valence-electron chi connectivity index (χ3n) is 2.40. The van der Waals surface area contributed by atoms with E-state index in [1.807, 2.05) is 18.2 Å². The van der Waals surface area contributed by atoms with Crippen molar-refractivity contribution in [2.24, 2.45) is 0 Å². The zero-order valence-corrected chi connectivity index (χ0v) is 10.8. The van der Waals surface area contributed by atoms with Gasteiger partial charge in [0.15, 0.2) is 5.13 Å². The molecule has 1 aromatic carbocycles. The second kappa shape index (κ2) is 5.84. The first kappa shape index (κ1) is 12.1. The highest BCUT2D eigenvalue weighted by molar-refractivity contribution is 7.22. The molecule has 2 rings (SSSR count). The van der Waals surface area contributed by atoms with Gasteiger partial charge in [0.1, 0.15) is 5.75 Å². The Bertz CT molecular complexity index is 484. The summed E-state index contributed by atoms with van der Waals surface area (Å²) in [5.41, 5.74) is 1.00. The number of anilines is 1. The van der Waals surface area contributed by atoms with Crippen molar-refractivity contribution in [3.05, 3.63) is 18.2 Å². The van der Waals surface area contributed by atoms with Crippen molar-refractivity contribution in [1.82, 2.24) is 4.98 Å². The molecule has 4 nitrogen and oxygen atoms in total. The number of benzene rings is 1. The summed E-state index contributed by atoms with van der Waals surface area (Å²) in [4.78, 5) is 4.50. The standard InChI is InChI=1S/C12H16N2O2S/c1-15-7-3-6-13-12-14-10-5-4-9(16-2)8-11(10)17-12/h4-5,8H,3,6-7H2,1-2H3,(H,13,14). The highest BCUT2D eigenvalue weighted by atomic mass is 32.1. The van der Waals surface area contributed by atoms with E-state index >= 15 is 0 Å². The molecule has 0 aliphatic rings. The van der Waals surface area contributed by atoms with Crippen molar-refractivity contribution in [2.75, 3.05) is 32.7 Å². The van der Waals surface area contributed by atoms with E-state index in [1.54, 1.807) is 25.6 Å². The van der Waals surface area contributed by atoms with E-state index in [0.717, 1.165) is 40.7 Å². The van der Waals surface area contributed by atoms with Gasteiger partial charge in [0, 0.05) is 20.3 Å². The number of aromatic nitrogens is 1. The van der Waals surface area contributed by atoms with Crippen LogP contribution in [0, 0.1) is 0 Å². The molecule has 0 fully saturated rings. The van der Waals surface area contributed by atoms with Gasteiger partial charge in [0.2, 0.25) is 0 Å². The van der Waals surface area contributed by atoms with Crippen LogP contribution in [0.5, 0.6) is 5.75 Å². The number of hydrogen-bond donors (Lipinski definition) is 1. The SMILES string of the molecule is COCCCNc1nc2ccc(OC)cc2s1. The highest BCUT2D eigenvalue weighted by Crippen LogP contribution is 2.28. The van der Waals surface area contributed by atoms with E-state index in [0.29, 0.717) is 0 Å². The largest absolute Gasteiger partial charge is 0.497 e. The molecule has 0 saturated carbocycles. The normalized spacial score (nSPS) is 10.7. The van der Waals surface area contributed by atoms with Crippen molar-refractivity contribution >= 4 is 26.7 Å². The zero-order chi connectivity index (χ0) is 12.1. The molecule has 1 heterocycles. The van der Waals surface area contributed by atoms with Gasteiger partial charge in [0.25, 0.3) is 0 Å². The molecule has 0 atom stereocenters. The maximum atomic E-state index is 5.19. The Labute approximate surface area is 105 Å². The number of ether oxygens (including phenoxy) is 2. The fourth-order valence-corrected chi connectivity index (χ4v) is 2.44. The first-order chi connectivity index (χ1) is 8.33. The fourth-order valence-electron chi connectivity index (χ4n) is 1.52. The molecule has 0 spiro atoms. The van der Waals surface area contributed by atoms with Crippen LogP contribution in [0.25, 0.3) is 10.2 Å². The Balaban J connectivity index is 2.04. The van der Waals surface area contributed by atoms with Crippen molar-refractivity contribution in [2.45, 2.75) is 6.42 Å². The summed E-state index contributed by atoms with van der Waals surface area (Å²) in [6.45, 7) is 1.65. The van der Waals surface area contributed by atoms with E-state index in [9.17, 15) is 0 Å². The van der Waals surface area contributed by atoms with Crippen LogP contribution < -0.4 is 10.1 Å². The molecule has 0 bridgehead atoms. The summed E-state index contributed by atoms with van der Waals surface area (Å²) in [5, 5.41) is 4.24. The lowest BCUT2D eigenvalue weighted by Gasteiger charge is -2.00. The van der Waals surface area contributed by atoms with Gasteiger partial charge in [-0.25, -0.2) is 4.98 Å². The zero-order valence-electron chi connectivity index (χ0n) is 10.0. The third kappa shape index (κ3) is 3.08. The molecule has 1 aromatic heterocycles. The molecule has 1 N–H and O–H groups in total. The van der Waals surface area contributed by atoms with E-state index in [1.165, 1.54) is 0 Å². The minimum Gasteiger partial charge on any atom is -0.497 e. The molecule has 0 aliphatic carbocycles. The highest BCUT2D eigenvalue weighted by Gasteiger charge is 2.04. The van der Waals surface area contributed by atoms with Crippen LogP contribution in [0.3, 0.4) is 0 Å². The Hall–Kier alpha value is -1.33. The average Bonchev–Trinajstić information content (AvgIpc) is 2.76. The number of methoxy groups -OCH3 is 2. The number of fused-ring (bicyclic) bond motifs is 1. The number of nitrogens with one attached hydrogen (secondary N) is 1. The van der Waals surface area contributed by atoms with E-state index < -0.39 is 0 Å². The summed E-state index contributed by atoms with van der Waals surface area (Å²) in [7, 11) is 3.38. The third-order valence-corrected chi connectivity index (χ3v) is 3.37. The number of rotatable bonds is 6. The van der Waals surface area contributed by atoms with Gasteiger partial charge in [0.05, 0.1) is 17.3 Å². The minimum absolute atomic E-state index is 0.770. The maximum Gasteiger partial charge on any atom is 0.183 e. The van der Waals surface area contributed by atoms with Crippen LogP contribution in [-0.2, 0) is 4.74 Å². The first-order valence-electron chi connectivity index (χ1n) is 5.51. The quantitative estimate of drug-likeness (QED) is 0.803. The van der Waals surface area contributed by atoms with E-state index in [4.69, 9.17) is 9.47 Å². The molecule has 0 amide bonds. The van der Waals surface area contributed by atoms with Crippen LogP contribution in [0.4, 0.5) is 5.13 Å². The van der Waals surface area contributed by atoms with Crippen molar-refractivity contribution in [3.8, 4) is 5.75 Å². The smallest absolute Gasteiger partial charge is 0.183 e. The molecule has 0 unspecified atom stereocenters. The van der Waals surface area contributed by atoms with Gasteiger partial charge < -0.3 is 14.8 Å². The van der Waals surface area contributed by atoms with Crippen LogP contribution in [0.1, 0.15) is 6.42 Å². The molecule has 92 valence electrons. The summed E-state index contributed by atoms with van der Waals surface area (Å²) < 4.78 is 11.3. The van der Waals surface area contributed by atoms with Crippen molar-refractivity contribution < 1.29 is 9.47 Å². The minimum atomic E-state index is 0.770. The van der Waals surface area contributed by atoms with Gasteiger partial charge in [-0.15, -0.1) is 0 Å². The molecule has 2 aromatic rings. The summed E-state index contributed by atoms with van der Waals surface area (Å²) >= 11 is 1.64. The van der Waals surface area contributed by atoms with E-state index in [-0.39, 0.29) is 0 Å². The molecule has 17 heavy (non-hydrogen) atoms.